The Hall–Kier alpha value is -0.548. The fourth-order valence-corrected chi connectivity index (χ4v) is 0.384. The van der Waals surface area contributed by atoms with Gasteiger partial charge in [-0.3, -0.25) is 9.59 Å². The van der Waals surface area contributed by atoms with E-state index in [2.05, 4.69) is 0 Å². The summed E-state index contributed by atoms with van der Waals surface area (Å²) in [5, 5.41) is 0. The number of carbonyl (C=O) groups excluding carboxylic acids is 2. The molecule has 0 saturated heterocycles. The van der Waals surface area contributed by atoms with Gasteiger partial charge in [-0.25, -0.2) is 13.2 Å². The third kappa shape index (κ3) is 4.11. The number of hydrogen-bond donors (Lipinski definition) is 0. The first-order valence-corrected chi connectivity index (χ1v) is 2.75. The van der Waals surface area contributed by atoms with Crippen molar-refractivity contribution in [3.8, 4) is 0 Å². The molecule has 14 heavy (non-hydrogen) atoms. The van der Waals surface area contributed by atoms with Crippen LogP contribution in [0.4, 0.5) is 26.3 Å². The van der Waals surface area contributed by atoms with Gasteiger partial charge in [0.05, 0.1) is 0 Å². The number of rotatable bonds is 3. The van der Waals surface area contributed by atoms with Crippen LogP contribution in [0, 0.1) is 0 Å². The third-order valence-electron chi connectivity index (χ3n) is 0.974. The van der Waals surface area contributed by atoms with Crippen molar-refractivity contribution >= 4 is 28.9 Å². The van der Waals surface area contributed by atoms with Crippen LogP contribution in [0.15, 0.2) is 0 Å². The van der Waals surface area contributed by atoms with Gasteiger partial charge in [-0.2, -0.15) is 13.2 Å². The zero-order valence-corrected chi connectivity index (χ0v) is 5.74. The summed E-state index contributed by atoms with van der Waals surface area (Å²) in [6.07, 6.45) is -13.4. The molecule has 0 aliphatic carbocycles. The fourth-order valence-electron chi connectivity index (χ4n) is 0.384. The van der Waals surface area contributed by atoms with Crippen molar-refractivity contribution in [2.75, 3.05) is 0 Å². The van der Waals surface area contributed by atoms with Gasteiger partial charge in [0.25, 0.3) is 12.2 Å². The normalized spacial score (nSPS) is 13.4. The molecule has 82 valence electrons. The van der Waals surface area contributed by atoms with E-state index in [1.54, 1.807) is 0 Å². The van der Waals surface area contributed by atoms with Gasteiger partial charge >= 0.3 is 6.18 Å². The molecule has 0 fully saturated rings. The summed E-state index contributed by atoms with van der Waals surface area (Å²) >= 11 is 0. The van der Waals surface area contributed by atoms with Gasteiger partial charge in [-0.1, -0.05) is 0 Å². The lowest BCUT2D eigenvalue weighted by atomic mass is 10.1. The number of Topliss-reactive ketones (excluding diaryl/α,β-unsaturated/α-hetero) is 2. The standard InChI is InChI=1S/C5H2F6O2.Al.3H/c6-1(2(12)4(7)8)3(13)5(9,10)11;;;;/h1,4H;;;;. The van der Waals surface area contributed by atoms with Gasteiger partial charge in [0.15, 0.2) is 17.4 Å². The van der Waals surface area contributed by atoms with E-state index in [1.165, 1.54) is 0 Å². The minimum absolute atomic E-state index is 0. The molecule has 0 aliphatic rings. The summed E-state index contributed by atoms with van der Waals surface area (Å²) in [4.78, 5) is 19.7. The van der Waals surface area contributed by atoms with E-state index in [4.69, 9.17) is 0 Å². The minimum Gasteiger partial charge on any atom is -0.289 e. The van der Waals surface area contributed by atoms with Crippen molar-refractivity contribution < 1.29 is 35.9 Å². The van der Waals surface area contributed by atoms with Gasteiger partial charge < -0.3 is 0 Å². The Kier molecular flexibility index (Phi) is 6.09. The van der Waals surface area contributed by atoms with Crippen LogP contribution in [0.2, 0.25) is 0 Å². The van der Waals surface area contributed by atoms with Crippen LogP contribution in [0.25, 0.3) is 0 Å². The van der Waals surface area contributed by atoms with E-state index in [9.17, 15) is 35.9 Å². The van der Waals surface area contributed by atoms with Crippen LogP contribution in [-0.4, -0.2) is 47.7 Å². The van der Waals surface area contributed by atoms with Crippen LogP contribution in [0.5, 0.6) is 0 Å². The first-order chi connectivity index (χ1) is 5.68. The average Bonchev–Trinajstić information content (AvgIpc) is 1.98. The molecule has 0 amide bonds. The molecule has 1 atom stereocenters. The monoisotopic (exact) mass is 238 g/mol. The zero-order valence-electron chi connectivity index (χ0n) is 5.74. The molecule has 9 heteroatoms. The molecular weight excluding hydrogens is 233 g/mol. The summed E-state index contributed by atoms with van der Waals surface area (Å²) in [5.74, 6) is -5.79. The van der Waals surface area contributed by atoms with Crippen molar-refractivity contribution in [2.45, 2.75) is 18.8 Å². The highest BCUT2D eigenvalue weighted by Crippen LogP contribution is 2.20. The Balaban J connectivity index is 0. The maximum atomic E-state index is 12.0. The Morgan fingerprint density at radius 3 is 1.57 bits per heavy atom. The first kappa shape index (κ1) is 15.9. The molecule has 0 saturated carbocycles. The van der Waals surface area contributed by atoms with Crippen molar-refractivity contribution in [2.24, 2.45) is 0 Å². The Labute approximate surface area is 84.4 Å². The van der Waals surface area contributed by atoms with E-state index >= 15 is 0 Å². The molecule has 2 nitrogen and oxygen atoms in total. The highest BCUT2D eigenvalue weighted by molar-refractivity contribution is 6.08. The molecular formula is C5H5AlF6O2. The van der Waals surface area contributed by atoms with E-state index < -0.39 is 30.3 Å². The minimum atomic E-state index is -5.62. The number of carbonyl (C=O) groups is 2. The molecule has 0 spiro atoms. The lowest BCUT2D eigenvalue weighted by Crippen LogP contribution is -2.39. The maximum absolute atomic E-state index is 12.0. The quantitative estimate of drug-likeness (QED) is 0.397. The number of alkyl halides is 6. The predicted molar refractivity (Wildman–Crippen MR) is 36.9 cm³/mol. The second kappa shape index (κ2) is 5.36. The molecule has 0 aromatic heterocycles. The van der Waals surface area contributed by atoms with Crippen molar-refractivity contribution in [1.82, 2.24) is 0 Å². The highest BCUT2D eigenvalue weighted by atomic mass is 27.0. The molecule has 0 rings (SSSR count). The van der Waals surface area contributed by atoms with Gasteiger partial charge in [0.1, 0.15) is 0 Å². The van der Waals surface area contributed by atoms with Gasteiger partial charge in [-0.05, 0) is 0 Å². The summed E-state index contributed by atoms with van der Waals surface area (Å²) in [7, 11) is 0. The van der Waals surface area contributed by atoms with E-state index in [0.29, 0.717) is 0 Å². The van der Waals surface area contributed by atoms with Crippen LogP contribution >= 0.6 is 0 Å². The molecule has 0 aromatic carbocycles. The molecule has 0 bridgehead atoms. The van der Waals surface area contributed by atoms with Crippen LogP contribution in [0.3, 0.4) is 0 Å². The van der Waals surface area contributed by atoms with E-state index in [0.717, 1.165) is 0 Å². The highest BCUT2D eigenvalue weighted by Gasteiger charge is 2.48. The predicted octanol–water partition coefficient (Wildman–Crippen LogP) is 0.106. The van der Waals surface area contributed by atoms with Crippen molar-refractivity contribution in [1.29, 1.82) is 0 Å². The topological polar surface area (TPSA) is 34.1 Å². The largest absolute Gasteiger partial charge is 0.453 e. The summed E-state index contributed by atoms with van der Waals surface area (Å²) in [5.41, 5.74) is 0. The SMILES string of the molecule is O=C(C(F)F)C(F)C(=O)C(F)(F)F.[AlH3]. The zero-order chi connectivity index (χ0) is 10.8. The molecule has 1 unspecified atom stereocenters. The average molecular weight is 238 g/mol. The van der Waals surface area contributed by atoms with Gasteiger partial charge in [0, 0.05) is 0 Å². The third-order valence-corrected chi connectivity index (χ3v) is 0.974. The Bertz CT molecular complexity index is 225. The molecule has 0 N–H and O–H groups in total. The van der Waals surface area contributed by atoms with Crippen LogP contribution < -0.4 is 0 Å². The van der Waals surface area contributed by atoms with Crippen LogP contribution in [-0.2, 0) is 9.59 Å². The first-order valence-electron chi connectivity index (χ1n) is 2.75. The second-order valence-corrected chi connectivity index (χ2v) is 1.93. The summed E-state index contributed by atoms with van der Waals surface area (Å²) < 4.78 is 68.7. The Morgan fingerprint density at radius 1 is 1.00 bits per heavy atom. The second-order valence-electron chi connectivity index (χ2n) is 1.93. The van der Waals surface area contributed by atoms with Crippen LogP contribution in [0.1, 0.15) is 0 Å². The number of hydrogen-bond acceptors (Lipinski definition) is 2. The Morgan fingerprint density at radius 2 is 1.36 bits per heavy atom. The van der Waals surface area contributed by atoms with Gasteiger partial charge in [0.2, 0.25) is 12.0 Å². The van der Waals surface area contributed by atoms with Gasteiger partial charge in [-0.15, -0.1) is 0 Å². The lowest BCUT2D eigenvalue weighted by Gasteiger charge is -2.07. The summed E-state index contributed by atoms with van der Waals surface area (Å²) in [6, 6.07) is 0. The molecule has 0 radical (unpaired) electrons. The van der Waals surface area contributed by atoms with E-state index in [1.807, 2.05) is 0 Å². The smallest absolute Gasteiger partial charge is 0.289 e. The molecule has 0 aliphatic heterocycles. The number of halogens is 6. The van der Waals surface area contributed by atoms with Crippen molar-refractivity contribution in [3.05, 3.63) is 0 Å². The lowest BCUT2D eigenvalue weighted by molar-refractivity contribution is -0.178. The molecule has 0 heterocycles. The summed E-state index contributed by atoms with van der Waals surface area (Å²) in [6.45, 7) is 0. The fraction of sp³-hybridized carbons (Fsp3) is 0.600. The van der Waals surface area contributed by atoms with Crippen molar-refractivity contribution in [3.63, 3.8) is 0 Å². The maximum Gasteiger partial charge on any atom is 0.453 e. The number of ketones is 2. The van der Waals surface area contributed by atoms with E-state index in [-0.39, 0.29) is 17.4 Å². The molecule has 0 aromatic rings.